The van der Waals surface area contributed by atoms with Crippen molar-refractivity contribution in [3.05, 3.63) is 17.7 Å². The van der Waals surface area contributed by atoms with E-state index in [1.165, 1.54) is 0 Å². The van der Waals surface area contributed by atoms with Crippen LogP contribution in [0.15, 0.2) is 6.20 Å². The van der Waals surface area contributed by atoms with E-state index in [1.54, 1.807) is 4.57 Å². The molecule has 3 fully saturated rings. The molecule has 2 bridgehead atoms. The molecule has 2 aliphatic heterocycles. The van der Waals surface area contributed by atoms with Crippen LogP contribution in [0, 0.1) is 0 Å². The fraction of sp³-hybridized carbons (Fsp3) is 0.812. The van der Waals surface area contributed by atoms with Gasteiger partial charge in [-0.3, -0.25) is 0 Å². The summed E-state index contributed by atoms with van der Waals surface area (Å²) in [4.78, 5) is 4.01. The molecule has 0 unspecified atom stereocenters. The lowest BCUT2D eigenvalue weighted by atomic mass is 9.65. The Kier molecular flexibility index (Phi) is 3.99. The van der Waals surface area contributed by atoms with Crippen LogP contribution in [-0.2, 0) is 16.3 Å². The molecule has 0 amide bonds. The van der Waals surface area contributed by atoms with E-state index in [2.05, 4.69) is 10.3 Å². The van der Waals surface area contributed by atoms with Gasteiger partial charge in [0.1, 0.15) is 5.82 Å². The second-order valence-electron chi connectivity index (χ2n) is 7.23. The van der Waals surface area contributed by atoms with E-state index in [0.717, 1.165) is 38.4 Å². The minimum absolute atomic E-state index is 0.0612. The molecule has 1 aromatic heterocycles. The smallest absolute Gasteiger partial charge is 0.373 e. The number of likely N-dealkylation sites (N-methyl/N-ethyl adjacent to an activating group) is 1. The number of hydrogen-bond acceptors (Lipinski definition) is 3. The average Bonchev–Trinajstić information content (AvgIpc) is 2.95. The summed E-state index contributed by atoms with van der Waals surface area (Å²) >= 11 is 0. The van der Waals surface area contributed by atoms with Crippen molar-refractivity contribution in [3.8, 4) is 0 Å². The van der Waals surface area contributed by atoms with E-state index < -0.39 is 11.9 Å². The quantitative estimate of drug-likeness (QED) is 0.920. The van der Waals surface area contributed by atoms with Crippen LogP contribution in [-0.4, -0.2) is 35.4 Å². The van der Waals surface area contributed by atoms with Gasteiger partial charge in [-0.15, -0.1) is 0 Å². The predicted octanol–water partition coefficient (Wildman–Crippen LogP) is 3.28. The average molecular weight is 331 g/mol. The van der Waals surface area contributed by atoms with Crippen molar-refractivity contribution >= 4 is 0 Å². The number of nitrogens with zero attached hydrogens (tertiary/aromatic N) is 2. The fourth-order valence-electron chi connectivity index (χ4n) is 3.92. The van der Waals surface area contributed by atoms with E-state index in [0.29, 0.717) is 12.4 Å². The number of ether oxygens (including phenoxy) is 1. The third-order valence-corrected chi connectivity index (χ3v) is 5.33. The minimum Gasteiger partial charge on any atom is -0.373 e. The molecule has 0 atom stereocenters. The normalized spacial score (nSPS) is 31.1. The lowest BCUT2D eigenvalue weighted by Gasteiger charge is -2.52. The van der Waals surface area contributed by atoms with E-state index in [4.69, 9.17) is 4.74 Å². The number of nitrogens with one attached hydrogen (secondary N) is 1. The Labute approximate surface area is 134 Å². The summed E-state index contributed by atoms with van der Waals surface area (Å²) in [6.07, 6.45) is 0.121. The standard InChI is InChI=1S/C16H24F3N3O/c1-11(2)22-8-12(16(17,18)19)21-13(22)14-4-6-15(7-5-14,9-20-3)23-10-14/h8,11,20H,4-7,9-10H2,1-3H3. The Bertz CT molecular complexity index is 555. The highest BCUT2D eigenvalue weighted by molar-refractivity contribution is 5.22. The largest absolute Gasteiger partial charge is 0.434 e. The fourth-order valence-corrected chi connectivity index (χ4v) is 3.92. The highest BCUT2D eigenvalue weighted by Gasteiger charge is 2.53. The van der Waals surface area contributed by atoms with E-state index >= 15 is 0 Å². The predicted molar refractivity (Wildman–Crippen MR) is 80.4 cm³/mol. The molecule has 130 valence electrons. The van der Waals surface area contributed by atoms with Gasteiger partial charge in [0, 0.05) is 18.8 Å². The summed E-state index contributed by atoms with van der Waals surface area (Å²) in [5, 5.41) is 3.17. The van der Waals surface area contributed by atoms with Gasteiger partial charge in [0.05, 0.1) is 17.6 Å². The second-order valence-corrected chi connectivity index (χ2v) is 7.23. The molecule has 0 aromatic carbocycles. The second kappa shape index (κ2) is 5.48. The third kappa shape index (κ3) is 2.78. The number of halogens is 3. The molecule has 2 saturated heterocycles. The molecular formula is C16H24F3N3O. The first kappa shape index (κ1) is 16.8. The molecule has 23 heavy (non-hydrogen) atoms. The topological polar surface area (TPSA) is 39.1 Å². The lowest BCUT2D eigenvalue weighted by Crippen LogP contribution is -2.57. The van der Waals surface area contributed by atoms with Gasteiger partial charge < -0.3 is 14.6 Å². The summed E-state index contributed by atoms with van der Waals surface area (Å²) in [5.41, 5.74) is -1.34. The Morgan fingerprint density at radius 3 is 2.39 bits per heavy atom. The molecule has 4 rings (SSSR count). The number of aromatic nitrogens is 2. The van der Waals surface area contributed by atoms with Crippen LogP contribution in [0.2, 0.25) is 0 Å². The van der Waals surface area contributed by atoms with Crippen LogP contribution in [0.5, 0.6) is 0 Å². The van der Waals surface area contributed by atoms with Crippen molar-refractivity contribution < 1.29 is 17.9 Å². The van der Waals surface area contributed by atoms with Crippen molar-refractivity contribution in [2.45, 2.75) is 62.8 Å². The van der Waals surface area contributed by atoms with Gasteiger partial charge in [0.25, 0.3) is 0 Å². The summed E-state index contributed by atoms with van der Waals surface area (Å²) in [5.74, 6) is 0.539. The van der Waals surface area contributed by atoms with Crippen molar-refractivity contribution in [1.29, 1.82) is 0 Å². The first-order valence-electron chi connectivity index (χ1n) is 8.17. The van der Waals surface area contributed by atoms with Gasteiger partial charge in [-0.1, -0.05) is 0 Å². The lowest BCUT2D eigenvalue weighted by molar-refractivity contribution is -0.157. The summed E-state index contributed by atoms with van der Waals surface area (Å²) < 4.78 is 47.1. The maximum Gasteiger partial charge on any atom is 0.434 e. The highest BCUT2D eigenvalue weighted by atomic mass is 19.4. The van der Waals surface area contributed by atoms with Crippen LogP contribution >= 0.6 is 0 Å². The van der Waals surface area contributed by atoms with Gasteiger partial charge in [-0.05, 0) is 46.6 Å². The van der Waals surface area contributed by atoms with Crippen molar-refractivity contribution in [2.24, 2.45) is 0 Å². The van der Waals surface area contributed by atoms with E-state index in [-0.39, 0.29) is 17.1 Å². The van der Waals surface area contributed by atoms with Gasteiger partial charge in [0.15, 0.2) is 5.69 Å². The van der Waals surface area contributed by atoms with Crippen molar-refractivity contribution in [3.63, 3.8) is 0 Å². The Morgan fingerprint density at radius 2 is 1.96 bits per heavy atom. The Balaban J connectivity index is 1.95. The third-order valence-electron chi connectivity index (χ3n) is 5.33. The van der Waals surface area contributed by atoms with Crippen LogP contribution in [0.4, 0.5) is 13.2 Å². The molecule has 4 nitrogen and oxygen atoms in total. The zero-order chi connectivity index (χ0) is 16.9. The number of fused-ring (bicyclic) bond motifs is 3. The van der Waals surface area contributed by atoms with Crippen LogP contribution in [0.1, 0.15) is 57.1 Å². The molecule has 7 heteroatoms. The van der Waals surface area contributed by atoms with Gasteiger partial charge in [0.2, 0.25) is 0 Å². The number of rotatable bonds is 4. The van der Waals surface area contributed by atoms with Crippen molar-refractivity contribution in [1.82, 2.24) is 14.9 Å². The molecule has 1 saturated carbocycles. The summed E-state index contributed by atoms with van der Waals surface area (Å²) in [6.45, 7) is 5.02. The number of imidazole rings is 1. The monoisotopic (exact) mass is 331 g/mol. The van der Waals surface area contributed by atoms with Crippen molar-refractivity contribution in [2.75, 3.05) is 20.2 Å². The minimum atomic E-state index is -4.41. The summed E-state index contributed by atoms with van der Waals surface area (Å²) in [7, 11) is 1.90. The van der Waals surface area contributed by atoms with E-state index in [9.17, 15) is 13.2 Å². The molecule has 3 aliphatic rings. The maximum absolute atomic E-state index is 13.1. The highest BCUT2D eigenvalue weighted by Crippen LogP contribution is 2.50. The van der Waals surface area contributed by atoms with E-state index in [1.807, 2.05) is 20.9 Å². The first-order valence-corrected chi connectivity index (χ1v) is 8.17. The van der Waals surface area contributed by atoms with Gasteiger partial charge in [-0.2, -0.15) is 13.2 Å². The maximum atomic E-state index is 13.1. The molecule has 1 aliphatic carbocycles. The molecule has 1 N–H and O–H groups in total. The number of alkyl halides is 3. The van der Waals surface area contributed by atoms with Crippen LogP contribution < -0.4 is 5.32 Å². The molecule has 0 spiro atoms. The zero-order valence-electron chi connectivity index (χ0n) is 13.8. The first-order chi connectivity index (χ1) is 10.7. The number of hydrogen-bond donors (Lipinski definition) is 1. The van der Waals surface area contributed by atoms with Crippen LogP contribution in [0.25, 0.3) is 0 Å². The Morgan fingerprint density at radius 1 is 1.30 bits per heavy atom. The molecular weight excluding hydrogens is 307 g/mol. The molecule has 1 aromatic rings. The van der Waals surface area contributed by atoms with Gasteiger partial charge >= 0.3 is 6.18 Å². The summed E-state index contributed by atoms with van der Waals surface area (Å²) in [6, 6.07) is -0.0612. The Hall–Kier alpha value is -1.08. The molecule has 0 radical (unpaired) electrons. The van der Waals surface area contributed by atoms with Crippen LogP contribution in [0.3, 0.4) is 0 Å². The van der Waals surface area contributed by atoms with Gasteiger partial charge in [-0.25, -0.2) is 4.98 Å². The molecule has 3 heterocycles. The zero-order valence-corrected chi connectivity index (χ0v) is 13.8. The SMILES string of the molecule is CNCC12CCC(c3nc(C(F)(F)F)cn3C(C)C)(CC1)CO2.